The molecule has 1 unspecified atom stereocenters. The maximum atomic E-state index is 5.44. The first-order valence-electron chi connectivity index (χ1n) is 5.58. The molecule has 0 aliphatic carbocycles. The van der Waals surface area contributed by atoms with E-state index >= 15 is 0 Å². The van der Waals surface area contributed by atoms with Crippen molar-refractivity contribution in [1.29, 1.82) is 0 Å². The molecule has 0 radical (unpaired) electrons. The summed E-state index contributed by atoms with van der Waals surface area (Å²) in [6, 6.07) is 8.29. The lowest BCUT2D eigenvalue weighted by Gasteiger charge is -2.20. The van der Waals surface area contributed by atoms with Gasteiger partial charge in [0.2, 0.25) is 0 Å². The Kier molecular flexibility index (Phi) is 4.88. The largest absolute Gasteiger partial charge is 0.496 e. The number of ether oxygens (including phenoxy) is 1. The minimum Gasteiger partial charge on any atom is -0.496 e. The van der Waals surface area contributed by atoms with Gasteiger partial charge in [-0.3, -0.25) is 5.32 Å². The molecular formula is C14H19NO. The second-order valence-electron chi connectivity index (χ2n) is 3.76. The molecule has 86 valence electrons. The molecule has 1 aromatic rings. The molecule has 2 nitrogen and oxygen atoms in total. The third-order valence-corrected chi connectivity index (χ3v) is 2.67. The topological polar surface area (TPSA) is 21.3 Å². The van der Waals surface area contributed by atoms with Crippen molar-refractivity contribution in [1.82, 2.24) is 5.32 Å². The van der Waals surface area contributed by atoms with Crippen molar-refractivity contribution >= 4 is 0 Å². The normalized spacial score (nSPS) is 13.9. The van der Waals surface area contributed by atoms with E-state index in [0.29, 0.717) is 0 Å². The van der Waals surface area contributed by atoms with Gasteiger partial charge >= 0.3 is 0 Å². The highest BCUT2D eigenvalue weighted by molar-refractivity contribution is 5.35. The summed E-state index contributed by atoms with van der Waals surface area (Å²) < 4.78 is 5.32. The van der Waals surface area contributed by atoms with Crippen LogP contribution in [-0.4, -0.2) is 13.2 Å². The van der Waals surface area contributed by atoms with E-state index in [-0.39, 0.29) is 12.1 Å². The monoisotopic (exact) mass is 217 g/mol. The Hall–Kier alpha value is -1.46. The highest BCUT2D eigenvalue weighted by Crippen LogP contribution is 2.24. The summed E-state index contributed by atoms with van der Waals surface area (Å²) in [7, 11) is 1.68. The molecule has 0 bridgehead atoms. The van der Waals surface area contributed by atoms with Gasteiger partial charge in [0, 0.05) is 11.6 Å². The predicted octanol–water partition coefficient (Wildman–Crippen LogP) is 2.76. The minimum absolute atomic E-state index is 0.111. The molecule has 0 aliphatic heterocycles. The van der Waals surface area contributed by atoms with E-state index in [1.165, 1.54) is 0 Å². The zero-order chi connectivity index (χ0) is 12.0. The van der Waals surface area contributed by atoms with Crippen LogP contribution in [0.25, 0.3) is 0 Å². The lowest BCUT2D eigenvalue weighted by Crippen LogP contribution is -2.29. The molecule has 0 heterocycles. The molecule has 1 N–H and O–H groups in total. The van der Waals surface area contributed by atoms with Crippen LogP contribution in [0, 0.1) is 12.3 Å². The van der Waals surface area contributed by atoms with Gasteiger partial charge in [-0.1, -0.05) is 31.0 Å². The number of nitrogens with one attached hydrogen (secondary N) is 1. The third-order valence-electron chi connectivity index (χ3n) is 2.67. The van der Waals surface area contributed by atoms with Crippen LogP contribution in [0.4, 0.5) is 0 Å². The summed E-state index contributed by atoms with van der Waals surface area (Å²) in [5.41, 5.74) is 1.14. The fraction of sp³-hybridized carbons (Fsp3) is 0.429. The Labute approximate surface area is 98.0 Å². The molecule has 0 fully saturated rings. The lowest BCUT2D eigenvalue weighted by molar-refractivity contribution is 0.398. The average Bonchev–Trinajstić information content (AvgIpc) is 2.35. The number of rotatable bonds is 5. The standard InChI is InChI=1S/C14H19NO/c1-5-12(6-2)15-11(3)13-9-7-8-10-14(13)16-4/h1,7-12,15H,6H2,2-4H3/t11-,12?/m1/s1. The summed E-state index contributed by atoms with van der Waals surface area (Å²) in [6.07, 6.45) is 6.36. The summed E-state index contributed by atoms with van der Waals surface area (Å²) in [5.74, 6) is 3.64. The molecule has 0 amide bonds. The van der Waals surface area contributed by atoms with E-state index in [9.17, 15) is 0 Å². The predicted molar refractivity (Wildman–Crippen MR) is 67.5 cm³/mol. The van der Waals surface area contributed by atoms with E-state index in [0.717, 1.165) is 17.7 Å². The molecule has 2 atom stereocenters. The van der Waals surface area contributed by atoms with E-state index in [1.807, 2.05) is 18.2 Å². The molecule has 16 heavy (non-hydrogen) atoms. The molecule has 0 saturated carbocycles. The highest BCUT2D eigenvalue weighted by Gasteiger charge is 2.13. The molecular weight excluding hydrogens is 198 g/mol. The third kappa shape index (κ3) is 3.01. The average molecular weight is 217 g/mol. The van der Waals surface area contributed by atoms with Crippen molar-refractivity contribution in [3.63, 3.8) is 0 Å². The van der Waals surface area contributed by atoms with Crippen LogP contribution in [0.1, 0.15) is 31.9 Å². The zero-order valence-electron chi connectivity index (χ0n) is 10.2. The van der Waals surface area contributed by atoms with Gasteiger partial charge in [-0.05, 0) is 19.4 Å². The van der Waals surface area contributed by atoms with Crippen LogP contribution in [0.15, 0.2) is 24.3 Å². The zero-order valence-corrected chi connectivity index (χ0v) is 10.2. The summed E-state index contributed by atoms with van der Waals surface area (Å²) in [4.78, 5) is 0. The number of hydrogen-bond donors (Lipinski definition) is 1. The summed E-state index contributed by atoms with van der Waals surface area (Å²) >= 11 is 0. The number of hydrogen-bond acceptors (Lipinski definition) is 2. The van der Waals surface area contributed by atoms with Gasteiger partial charge in [-0.2, -0.15) is 0 Å². The second kappa shape index (κ2) is 6.19. The molecule has 1 aromatic carbocycles. The van der Waals surface area contributed by atoms with E-state index in [4.69, 9.17) is 11.2 Å². The minimum atomic E-state index is 0.111. The van der Waals surface area contributed by atoms with Gasteiger partial charge in [0.25, 0.3) is 0 Å². The molecule has 0 aromatic heterocycles. The first-order valence-corrected chi connectivity index (χ1v) is 5.58. The first kappa shape index (κ1) is 12.6. The fourth-order valence-corrected chi connectivity index (χ4v) is 1.70. The highest BCUT2D eigenvalue weighted by atomic mass is 16.5. The summed E-state index contributed by atoms with van der Waals surface area (Å²) in [5, 5.41) is 3.39. The van der Waals surface area contributed by atoms with E-state index < -0.39 is 0 Å². The van der Waals surface area contributed by atoms with Gasteiger partial charge < -0.3 is 4.74 Å². The van der Waals surface area contributed by atoms with Crippen molar-refractivity contribution in [2.75, 3.05) is 7.11 Å². The smallest absolute Gasteiger partial charge is 0.123 e. The van der Waals surface area contributed by atoms with Crippen LogP contribution in [0.5, 0.6) is 5.75 Å². The summed E-state index contributed by atoms with van der Waals surface area (Å²) in [6.45, 7) is 4.17. The first-order chi connectivity index (χ1) is 7.72. The van der Waals surface area contributed by atoms with Crippen molar-refractivity contribution in [2.45, 2.75) is 32.4 Å². The van der Waals surface area contributed by atoms with Crippen molar-refractivity contribution in [3.05, 3.63) is 29.8 Å². The van der Waals surface area contributed by atoms with Crippen LogP contribution in [0.2, 0.25) is 0 Å². The molecule has 2 heteroatoms. The Morgan fingerprint density at radius 3 is 2.69 bits per heavy atom. The number of benzene rings is 1. The van der Waals surface area contributed by atoms with Crippen molar-refractivity contribution in [2.24, 2.45) is 0 Å². The second-order valence-corrected chi connectivity index (χ2v) is 3.76. The SMILES string of the molecule is C#CC(CC)N[C@H](C)c1ccccc1OC. The van der Waals surface area contributed by atoms with Crippen LogP contribution >= 0.6 is 0 Å². The molecule has 0 saturated heterocycles. The van der Waals surface area contributed by atoms with E-state index in [2.05, 4.69) is 31.2 Å². The Morgan fingerprint density at radius 2 is 2.12 bits per heavy atom. The van der Waals surface area contributed by atoms with Gasteiger partial charge in [-0.25, -0.2) is 0 Å². The fourth-order valence-electron chi connectivity index (χ4n) is 1.70. The van der Waals surface area contributed by atoms with Crippen LogP contribution < -0.4 is 10.1 Å². The number of methoxy groups -OCH3 is 1. The molecule has 0 aliphatic rings. The maximum Gasteiger partial charge on any atom is 0.123 e. The lowest BCUT2D eigenvalue weighted by atomic mass is 10.1. The van der Waals surface area contributed by atoms with Crippen LogP contribution in [0.3, 0.4) is 0 Å². The Morgan fingerprint density at radius 1 is 1.44 bits per heavy atom. The van der Waals surface area contributed by atoms with Crippen molar-refractivity contribution in [3.8, 4) is 18.1 Å². The maximum absolute atomic E-state index is 5.44. The van der Waals surface area contributed by atoms with Gasteiger partial charge in [-0.15, -0.1) is 6.42 Å². The Bertz CT molecular complexity index is 367. The molecule has 1 rings (SSSR count). The van der Waals surface area contributed by atoms with Crippen LogP contribution in [-0.2, 0) is 0 Å². The van der Waals surface area contributed by atoms with E-state index in [1.54, 1.807) is 7.11 Å². The quantitative estimate of drug-likeness (QED) is 0.766. The van der Waals surface area contributed by atoms with Gasteiger partial charge in [0.05, 0.1) is 13.2 Å². The van der Waals surface area contributed by atoms with Gasteiger partial charge in [0.15, 0.2) is 0 Å². The number of terminal acetylenes is 1. The molecule has 0 spiro atoms. The Balaban J connectivity index is 2.80. The van der Waals surface area contributed by atoms with Gasteiger partial charge in [0.1, 0.15) is 5.75 Å². The van der Waals surface area contributed by atoms with Crippen molar-refractivity contribution < 1.29 is 4.74 Å². The number of para-hydroxylation sites is 1.